The van der Waals surface area contributed by atoms with Crippen LogP contribution in [0.4, 0.5) is 14.6 Å². The van der Waals surface area contributed by atoms with E-state index >= 15 is 0 Å². The van der Waals surface area contributed by atoms with Crippen molar-refractivity contribution in [1.29, 1.82) is 0 Å². The Morgan fingerprint density at radius 3 is 2.61 bits per heavy atom. The first-order valence-corrected chi connectivity index (χ1v) is 8.99. The Morgan fingerprint density at radius 2 is 2.00 bits per heavy atom. The number of hydrogen-bond donors (Lipinski definition) is 2. The number of aliphatic imine (C=N–C) groups is 1. The summed E-state index contributed by atoms with van der Waals surface area (Å²) in [7, 11) is 1.65. The largest absolute Gasteiger partial charge is 0.404 e. The van der Waals surface area contributed by atoms with Gasteiger partial charge in [-0.1, -0.05) is 6.07 Å². The first kappa shape index (κ1) is 19.9. The van der Waals surface area contributed by atoms with Crippen molar-refractivity contribution in [1.82, 2.24) is 9.97 Å². The maximum absolute atomic E-state index is 13.6. The van der Waals surface area contributed by atoms with Gasteiger partial charge < -0.3 is 15.7 Å². The summed E-state index contributed by atoms with van der Waals surface area (Å²) < 4.78 is 26.8. The highest BCUT2D eigenvalue weighted by Crippen LogP contribution is 2.34. The molecule has 0 radical (unpaired) electrons. The molecule has 1 saturated heterocycles. The van der Waals surface area contributed by atoms with Gasteiger partial charge in [-0.05, 0) is 37.5 Å². The van der Waals surface area contributed by atoms with Gasteiger partial charge in [0.1, 0.15) is 5.82 Å². The van der Waals surface area contributed by atoms with E-state index < -0.39 is 17.2 Å². The third-order valence-corrected chi connectivity index (χ3v) is 5.04. The van der Waals surface area contributed by atoms with Gasteiger partial charge in [-0.15, -0.1) is 0 Å². The van der Waals surface area contributed by atoms with Crippen LogP contribution in [0.3, 0.4) is 0 Å². The molecule has 3 N–H and O–H groups in total. The SMILES string of the molecule is CN=C/C(=C\N)c1nc(N2CCC(O)(c3ccc(F)c(F)c3)CC2)cnc1C. The van der Waals surface area contributed by atoms with Crippen molar-refractivity contribution in [3.05, 3.63) is 59.2 Å². The van der Waals surface area contributed by atoms with E-state index in [0.29, 0.717) is 48.6 Å². The van der Waals surface area contributed by atoms with Gasteiger partial charge in [0.15, 0.2) is 11.6 Å². The maximum Gasteiger partial charge on any atom is 0.159 e. The lowest BCUT2D eigenvalue weighted by atomic mass is 9.84. The van der Waals surface area contributed by atoms with Crippen molar-refractivity contribution in [2.75, 3.05) is 25.0 Å². The summed E-state index contributed by atoms with van der Waals surface area (Å²) in [6.45, 7) is 2.84. The lowest BCUT2D eigenvalue weighted by Crippen LogP contribution is -2.43. The number of aryl methyl sites for hydroxylation is 1. The molecule has 0 bridgehead atoms. The third-order valence-electron chi connectivity index (χ3n) is 5.04. The van der Waals surface area contributed by atoms with E-state index in [4.69, 9.17) is 5.73 Å². The molecule has 1 aromatic heterocycles. The smallest absolute Gasteiger partial charge is 0.159 e. The molecule has 1 aliphatic heterocycles. The number of rotatable bonds is 4. The van der Waals surface area contributed by atoms with Gasteiger partial charge in [0.05, 0.1) is 23.2 Å². The van der Waals surface area contributed by atoms with Crippen LogP contribution in [0, 0.1) is 18.6 Å². The zero-order chi connectivity index (χ0) is 20.3. The van der Waals surface area contributed by atoms with Crippen LogP contribution in [0.25, 0.3) is 5.57 Å². The molecule has 1 aromatic carbocycles. The molecule has 6 nitrogen and oxygen atoms in total. The standard InChI is InChI=1S/C20H23F2N5O/c1-13-19(14(10-23)11-24-2)26-18(12-25-13)27-7-5-20(28,6-8-27)15-3-4-16(21)17(22)9-15/h3-4,9-12,28H,5-8,23H2,1-2H3/b14-10+,24-11?. The number of nitrogens with two attached hydrogens (primary N) is 1. The average molecular weight is 387 g/mol. The van der Waals surface area contributed by atoms with Crippen LogP contribution in [0.1, 0.15) is 29.8 Å². The Hall–Kier alpha value is -2.87. The fraction of sp³-hybridized carbons (Fsp3) is 0.350. The minimum Gasteiger partial charge on any atom is -0.404 e. The Bertz CT molecular complexity index is 921. The maximum atomic E-state index is 13.6. The quantitative estimate of drug-likeness (QED) is 0.788. The number of nitrogens with zero attached hydrogens (tertiary/aromatic N) is 4. The van der Waals surface area contributed by atoms with Crippen LogP contribution in [0.2, 0.25) is 0 Å². The van der Waals surface area contributed by atoms with E-state index in [0.717, 1.165) is 17.8 Å². The van der Waals surface area contributed by atoms with Gasteiger partial charge in [-0.3, -0.25) is 9.98 Å². The highest BCUT2D eigenvalue weighted by Gasteiger charge is 2.35. The number of aliphatic hydroxyl groups is 1. The van der Waals surface area contributed by atoms with Crippen molar-refractivity contribution in [2.45, 2.75) is 25.4 Å². The van der Waals surface area contributed by atoms with Crippen molar-refractivity contribution < 1.29 is 13.9 Å². The molecular formula is C20H23F2N5O. The van der Waals surface area contributed by atoms with Gasteiger partial charge in [-0.2, -0.15) is 0 Å². The Labute approximate surface area is 162 Å². The molecule has 148 valence electrons. The fourth-order valence-electron chi connectivity index (χ4n) is 3.37. The van der Waals surface area contributed by atoms with Gasteiger partial charge >= 0.3 is 0 Å². The second-order valence-corrected chi connectivity index (χ2v) is 6.82. The van der Waals surface area contributed by atoms with E-state index in [1.807, 2.05) is 11.8 Å². The molecule has 0 amide bonds. The number of piperidine rings is 1. The minimum absolute atomic E-state index is 0.360. The van der Waals surface area contributed by atoms with Gasteiger partial charge in [0, 0.05) is 38.1 Å². The van der Waals surface area contributed by atoms with E-state index in [-0.39, 0.29) is 0 Å². The summed E-state index contributed by atoms with van der Waals surface area (Å²) in [5.41, 5.74) is 6.91. The molecule has 0 aliphatic carbocycles. The number of hydrogen-bond acceptors (Lipinski definition) is 6. The van der Waals surface area contributed by atoms with Crippen LogP contribution < -0.4 is 10.6 Å². The predicted molar refractivity (Wildman–Crippen MR) is 105 cm³/mol. The van der Waals surface area contributed by atoms with Gasteiger partial charge in [0.25, 0.3) is 0 Å². The van der Waals surface area contributed by atoms with E-state index in [2.05, 4.69) is 15.0 Å². The van der Waals surface area contributed by atoms with Crippen molar-refractivity contribution in [2.24, 2.45) is 10.7 Å². The second kappa shape index (κ2) is 8.02. The average Bonchev–Trinajstić information content (AvgIpc) is 2.69. The summed E-state index contributed by atoms with van der Waals surface area (Å²) in [5.74, 6) is -1.22. The number of allylic oxidation sites excluding steroid dienone is 1. The zero-order valence-corrected chi connectivity index (χ0v) is 15.9. The van der Waals surface area contributed by atoms with Crippen LogP contribution >= 0.6 is 0 Å². The summed E-state index contributed by atoms with van der Waals surface area (Å²) in [6.07, 6.45) is 5.46. The molecule has 2 aromatic rings. The van der Waals surface area contributed by atoms with Crippen molar-refractivity contribution >= 4 is 17.6 Å². The molecule has 0 spiro atoms. The molecule has 1 fully saturated rings. The number of anilines is 1. The Balaban J connectivity index is 1.80. The normalized spacial score (nSPS) is 17.3. The monoisotopic (exact) mass is 387 g/mol. The molecule has 28 heavy (non-hydrogen) atoms. The predicted octanol–water partition coefficient (Wildman–Crippen LogP) is 2.55. The van der Waals surface area contributed by atoms with Crippen molar-refractivity contribution in [3.8, 4) is 0 Å². The van der Waals surface area contributed by atoms with Crippen LogP contribution in [-0.4, -0.2) is 41.4 Å². The highest BCUT2D eigenvalue weighted by molar-refractivity contribution is 6.09. The van der Waals surface area contributed by atoms with Crippen LogP contribution in [-0.2, 0) is 5.60 Å². The van der Waals surface area contributed by atoms with Gasteiger partial charge in [0.2, 0.25) is 0 Å². The van der Waals surface area contributed by atoms with Gasteiger partial charge in [-0.25, -0.2) is 13.8 Å². The van der Waals surface area contributed by atoms with E-state index in [9.17, 15) is 13.9 Å². The molecule has 0 atom stereocenters. The zero-order valence-electron chi connectivity index (χ0n) is 15.9. The van der Waals surface area contributed by atoms with Crippen LogP contribution in [0.5, 0.6) is 0 Å². The van der Waals surface area contributed by atoms with Crippen molar-refractivity contribution in [3.63, 3.8) is 0 Å². The molecule has 3 rings (SSSR count). The topological polar surface area (TPSA) is 87.6 Å². The summed E-state index contributed by atoms with van der Waals surface area (Å²) in [6, 6.07) is 3.54. The number of benzene rings is 1. The highest BCUT2D eigenvalue weighted by atomic mass is 19.2. The Kier molecular flexibility index (Phi) is 5.69. The fourth-order valence-corrected chi connectivity index (χ4v) is 3.37. The Morgan fingerprint density at radius 1 is 1.29 bits per heavy atom. The van der Waals surface area contributed by atoms with E-state index in [1.54, 1.807) is 19.5 Å². The number of halogens is 2. The summed E-state index contributed by atoms with van der Waals surface area (Å²) >= 11 is 0. The second-order valence-electron chi connectivity index (χ2n) is 6.82. The van der Waals surface area contributed by atoms with E-state index in [1.165, 1.54) is 12.3 Å². The minimum atomic E-state index is -1.21. The molecule has 1 aliphatic rings. The first-order chi connectivity index (χ1) is 13.4. The lowest BCUT2D eigenvalue weighted by molar-refractivity contribution is 0.0113. The molecule has 2 heterocycles. The summed E-state index contributed by atoms with van der Waals surface area (Å²) in [4.78, 5) is 15.1. The van der Waals surface area contributed by atoms with Crippen LogP contribution in [0.15, 0.2) is 35.6 Å². The lowest BCUT2D eigenvalue weighted by Gasteiger charge is -2.39. The third kappa shape index (κ3) is 3.87. The molecular weight excluding hydrogens is 364 g/mol. The molecule has 0 saturated carbocycles. The first-order valence-electron chi connectivity index (χ1n) is 8.99. The molecule has 0 unspecified atom stereocenters. The molecule has 8 heteroatoms. The summed E-state index contributed by atoms with van der Waals surface area (Å²) in [5, 5.41) is 10.9. The number of aromatic nitrogens is 2.